The Bertz CT molecular complexity index is 462. The van der Waals surface area contributed by atoms with Gasteiger partial charge in [-0.3, -0.25) is 4.79 Å². The predicted molar refractivity (Wildman–Crippen MR) is 105 cm³/mol. The van der Waals surface area contributed by atoms with Crippen LogP contribution in [0.1, 0.15) is 58.3 Å². The van der Waals surface area contributed by atoms with Crippen molar-refractivity contribution in [3.8, 4) is 0 Å². The van der Waals surface area contributed by atoms with Crippen LogP contribution in [0.2, 0.25) is 0 Å². The van der Waals surface area contributed by atoms with Crippen molar-refractivity contribution in [3.05, 3.63) is 72.9 Å². The molecule has 0 radical (unpaired) electrons. The molecule has 0 rings (SSSR count). The molecule has 0 fully saturated rings. The van der Waals surface area contributed by atoms with Crippen LogP contribution in [0.3, 0.4) is 0 Å². The van der Waals surface area contributed by atoms with Gasteiger partial charge in [-0.15, -0.1) is 0 Å². The topological polar surface area (TPSA) is 37.3 Å². The third kappa shape index (κ3) is 19.9. The summed E-state index contributed by atoms with van der Waals surface area (Å²) in [5.74, 6) is -0.724. The van der Waals surface area contributed by atoms with Crippen molar-refractivity contribution >= 4 is 5.97 Å². The van der Waals surface area contributed by atoms with Crippen LogP contribution >= 0.6 is 0 Å². The first-order valence-corrected chi connectivity index (χ1v) is 8.90. The van der Waals surface area contributed by atoms with E-state index in [2.05, 4.69) is 61.6 Å². The van der Waals surface area contributed by atoms with Gasteiger partial charge in [0.2, 0.25) is 0 Å². The van der Waals surface area contributed by atoms with E-state index in [4.69, 9.17) is 5.11 Å². The summed E-state index contributed by atoms with van der Waals surface area (Å²) in [7, 11) is 0. The van der Waals surface area contributed by atoms with E-state index >= 15 is 0 Å². The fraction of sp³-hybridized carbons (Fsp3) is 0.409. The van der Waals surface area contributed by atoms with Gasteiger partial charge < -0.3 is 5.11 Å². The lowest BCUT2D eigenvalue weighted by atomic mass is 10.2. The summed E-state index contributed by atoms with van der Waals surface area (Å²) in [4.78, 5) is 10.3. The Labute approximate surface area is 147 Å². The number of hydrogen-bond acceptors (Lipinski definition) is 1. The molecular weight excluding hydrogens is 296 g/mol. The molecule has 132 valence electrons. The second-order valence-corrected chi connectivity index (χ2v) is 5.38. The zero-order valence-electron chi connectivity index (χ0n) is 14.9. The minimum absolute atomic E-state index is 0.246. The van der Waals surface area contributed by atoms with Crippen molar-refractivity contribution in [1.29, 1.82) is 0 Å². The second-order valence-electron chi connectivity index (χ2n) is 5.38. The van der Waals surface area contributed by atoms with Crippen molar-refractivity contribution < 1.29 is 9.90 Å². The zero-order valence-corrected chi connectivity index (χ0v) is 14.9. The molecule has 0 saturated carbocycles. The van der Waals surface area contributed by atoms with Crippen LogP contribution < -0.4 is 0 Å². The molecule has 0 saturated heterocycles. The highest BCUT2D eigenvalue weighted by Gasteiger charge is 1.92. The first-order valence-electron chi connectivity index (χ1n) is 8.90. The Morgan fingerprint density at radius 2 is 1.17 bits per heavy atom. The van der Waals surface area contributed by atoms with Crippen molar-refractivity contribution in [2.24, 2.45) is 0 Å². The maximum atomic E-state index is 10.3. The Morgan fingerprint density at radius 1 is 0.708 bits per heavy atom. The number of unbranched alkanes of at least 4 members (excludes halogenated alkanes) is 1. The molecule has 2 nitrogen and oxygen atoms in total. The van der Waals surface area contributed by atoms with Crippen molar-refractivity contribution in [2.75, 3.05) is 0 Å². The van der Waals surface area contributed by atoms with E-state index in [0.29, 0.717) is 6.42 Å². The van der Waals surface area contributed by atoms with Crippen LogP contribution in [-0.2, 0) is 4.79 Å². The maximum absolute atomic E-state index is 10.3. The number of carboxylic acid groups (broad SMARTS) is 1. The highest BCUT2D eigenvalue weighted by Crippen LogP contribution is 1.98. The minimum Gasteiger partial charge on any atom is -0.481 e. The Balaban J connectivity index is 3.53. The molecule has 0 aliphatic heterocycles. The van der Waals surface area contributed by atoms with Crippen LogP contribution in [0, 0.1) is 0 Å². The van der Waals surface area contributed by atoms with Gasteiger partial charge in [-0.05, 0) is 44.9 Å². The molecule has 2 heteroatoms. The fourth-order valence-corrected chi connectivity index (χ4v) is 1.86. The van der Waals surface area contributed by atoms with E-state index in [-0.39, 0.29) is 6.42 Å². The van der Waals surface area contributed by atoms with Crippen molar-refractivity contribution in [1.82, 2.24) is 0 Å². The normalized spacial score (nSPS) is 13.0. The van der Waals surface area contributed by atoms with Crippen LogP contribution in [0.15, 0.2) is 72.9 Å². The molecule has 0 unspecified atom stereocenters. The Morgan fingerprint density at radius 3 is 1.67 bits per heavy atom. The van der Waals surface area contributed by atoms with E-state index in [9.17, 15) is 4.79 Å². The minimum atomic E-state index is -0.724. The van der Waals surface area contributed by atoms with Crippen molar-refractivity contribution in [2.45, 2.75) is 58.3 Å². The van der Waals surface area contributed by atoms with Gasteiger partial charge >= 0.3 is 5.97 Å². The molecule has 1 N–H and O–H groups in total. The summed E-state index contributed by atoms with van der Waals surface area (Å²) in [6, 6.07) is 0. The van der Waals surface area contributed by atoms with E-state index in [1.165, 1.54) is 0 Å². The summed E-state index contributed by atoms with van der Waals surface area (Å²) in [5, 5.41) is 8.50. The van der Waals surface area contributed by atoms with Crippen LogP contribution in [0.4, 0.5) is 0 Å². The van der Waals surface area contributed by atoms with Gasteiger partial charge in [-0.1, -0.05) is 79.8 Å². The number of carbonyl (C=O) groups is 1. The third-order valence-electron chi connectivity index (χ3n) is 3.14. The smallest absolute Gasteiger partial charge is 0.303 e. The fourth-order valence-electron chi connectivity index (χ4n) is 1.86. The molecule has 0 amide bonds. The molecule has 0 aromatic carbocycles. The van der Waals surface area contributed by atoms with Gasteiger partial charge in [-0.2, -0.15) is 0 Å². The van der Waals surface area contributed by atoms with Crippen LogP contribution in [-0.4, -0.2) is 11.1 Å². The molecular formula is C22H32O2. The lowest BCUT2D eigenvalue weighted by Gasteiger charge is -1.89. The quantitative estimate of drug-likeness (QED) is 0.223. The average Bonchev–Trinajstić information content (AvgIpc) is 2.56. The molecule has 0 bridgehead atoms. The van der Waals surface area contributed by atoms with Crippen LogP contribution in [0.5, 0.6) is 0 Å². The van der Waals surface area contributed by atoms with Gasteiger partial charge in [0.15, 0.2) is 0 Å². The first-order chi connectivity index (χ1) is 11.8. The summed E-state index contributed by atoms with van der Waals surface area (Å²) >= 11 is 0. The lowest BCUT2D eigenvalue weighted by molar-refractivity contribution is -0.137. The molecule has 0 spiro atoms. The third-order valence-corrected chi connectivity index (χ3v) is 3.14. The van der Waals surface area contributed by atoms with Gasteiger partial charge in [-0.25, -0.2) is 0 Å². The molecule has 0 aromatic rings. The van der Waals surface area contributed by atoms with Crippen LogP contribution in [0.25, 0.3) is 0 Å². The number of hydrogen-bond donors (Lipinski definition) is 1. The molecule has 0 atom stereocenters. The van der Waals surface area contributed by atoms with E-state index in [0.717, 1.165) is 38.5 Å². The molecule has 0 heterocycles. The largest absolute Gasteiger partial charge is 0.481 e. The number of rotatable bonds is 14. The van der Waals surface area contributed by atoms with Gasteiger partial charge in [0.25, 0.3) is 0 Å². The summed E-state index contributed by atoms with van der Waals surface area (Å²) in [6.45, 7) is 2.15. The Hall–Kier alpha value is -2.09. The van der Waals surface area contributed by atoms with Gasteiger partial charge in [0, 0.05) is 6.42 Å². The predicted octanol–water partition coefficient (Wildman–Crippen LogP) is 6.55. The summed E-state index contributed by atoms with van der Waals surface area (Å²) in [5.41, 5.74) is 0. The number of aliphatic carboxylic acids is 1. The highest BCUT2D eigenvalue weighted by molar-refractivity contribution is 5.66. The SMILES string of the molecule is CCC=CCC=CCC=CCC=CCC=CC=CCCCC(=O)O. The molecule has 0 aliphatic carbocycles. The summed E-state index contributed by atoms with van der Waals surface area (Å²) < 4.78 is 0. The highest BCUT2D eigenvalue weighted by atomic mass is 16.4. The lowest BCUT2D eigenvalue weighted by Crippen LogP contribution is -1.92. The summed E-state index contributed by atoms with van der Waals surface area (Å²) in [6.07, 6.45) is 32.4. The van der Waals surface area contributed by atoms with Crippen molar-refractivity contribution in [3.63, 3.8) is 0 Å². The molecule has 0 aromatic heterocycles. The average molecular weight is 328 g/mol. The van der Waals surface area contributed by atoms with E-state index in [1.807, 2.05) is 18.2 Å². The Kier molecular flexibility index (Phi) is 17.3. The monoisotopic (exact) mass is 328 g/mol. The van der Waals surface area contributed by atoms with E-state index in [1.54, 1.807) is 0 Å². The zero-order chi connectivity index (χ0) is 17.7. The standard InChI is InChI=1S/C22H32O2/c1-2-3-4-5-6-7-8-9-10-11-12-13-14-15-16-17-18-19-20-21-22(23)24/h3-4,6-7,9-10,12-13,15-18H,2,5,8,11,14,19-21H2,1H3,(H,23,24). The maximum Gasteiger partial charge on any atom is 0.303 e. The second kappa shape index (κ2) is 19.0. The molecule has 24 heavy (non-hydrogen) atoms. The number of carboxylic acids is 1. The first kappa shape index (κ1) is 21.9. The molecule has 0 aliphatic rings. The number of allylic oxidation sites excluding steroid dienone is 12. The van der Waals surface area contributed by atoms with E-state index < -0.39 is 5.97 Å². The van der Waals surface area contributed by atoms with Gasteiger partial charge in [0.1, 0.15) is 0 Å². The van der Waals surface area contributed by atoms with Gasteiger partial charge in [0.05, 0.1) is 0 Å².